The van der Waals surface area contributed by atoms with Gasteiger partial charge in [-0.2, -0.15) is 17.9 Å². The van der Waals surface area contributed by atoms with Crippen LogP contribution in [0.3, 0.4) is 0 Å². The van der Waals surface area contributed by atoms with E-state index >= 15 is 0 Å². The van der Waals surface area contributed by atoms with Gasteiger partial charge < -0.3 is 24.2 Å². The maximum Gasteiger partial charge on any atom is 0.452 e. The summed E-state index contributed by atoms with van der Waals surface area (Å²) in [5.41, 5.74) is -3.23. The number of rotatable bonds is 8. The number of carboxylic acids is 1. The smallest absolute Gasteiger partial charge is 0.452 e. The molecule has 41 heavy (non-hydrogen) atoms. The van der Waals surface area contributed by atoms with Crippen LogP contribution < -0.4 is 4.72 Å². The number of carboxylic acid groups (broad SMARTS) is 1. The number of benzene rings is 1. The molecule has 2 N–H and O–H groups in total. The fourth-order valence-electron chi connectivity index (χ4n) is 4.90. The van der Waals surface area contributed by atoms with Crippen LogP contribution in [0, 0.1) is 0 Å². The average Bonchev–Trinajstić information content (AvgIpc) is 3.29. The quantitative estimate of drug-likeness (QED) is 0.391. The van der Waals surface area contributed by atoms with Gasteiger partial charge in [0, 0.05) is 32.2 Å². The number of carbonyl (C=O) groups excluding carboxylic acids is 1. The fourth-order valence-corrected chi connectivity index (χ4v) is 7.59. The lowest BCUT2D eigenvalue weighted by Gasteiger charge is -2.32. The Hall–Kier alpha value is -3.47. The molecule has 16 heteroatoms. The summed E-state index contributed by atoms with van der Waals surface area (Å²) in [6.45, 7) is 1.76. The molecule has 1 aromatic carbocycles. The van der Waals surface area contributed by atoms with Crippen molar-refractivity contribution >= 4 is 33.4 Å². The molecule has 2 aromatic heterocycles. The van der Waals surface area contributed by atoms with Gasteiger partial charge in [0.25, 0.3) is 10.0 Å². The van der Waals surface area contributed by atoms with Crippen LogP contribution >= 0.6 is 11.3 Å². The Morgan fingerprint density at radius 1 is 1.15 bits per heavy atom. The number of aliphatic carboxylic acids is 1. The Bertz CT molecular complexity index is 1550. The van der Waals surface area contributed by atoms with E-state index in [0.717, 1.165) is 6.07 Å². The van der Waals surface area contributed by atoms with Gasteiger partial charge in [0.1, 0.15) is 22.0 Å². The van der Waals surface area contributed by atoms with Crippen molar-refractivity contribution in [2.75, 3.05) is 39.8 Å². The van der Waals surface area contributed by atoms with Gasteiger partial charge in [-0.3, -0.25) is 4.79 Å². The third kappa shape index (κ3) is 5.43. The van der Waals surface area contributed by atoms with Crippen molar-refractivity contribution in [2.45, 2.75) is 27.8 Å². The van der Waals surface area contributed by atoms with E-state index in [1.807, 2.05) is 11.9 Å². The van der Waals surface area contributed by atoms with Crippen LogP contribution in [0.15, 0.2) is 57.3 Å². The highest BCUT2D eigenvalue weighted by Crippen LogP contribution is 2.59. The molecule has 1 saturated heterocycles. The first-order valence-electron chi connectivity index (χ1n) is 12.3. The predicted molar refractivity (Wildman–Crippen MR) is 139 cm³/mol. The fraction of sp³-hybridized carbons (Fsp3) is 0.400. The van der Waals surface area contributed by atoms with Gasteiger partial charge in [0.15, 0.2) is 0 Å². The number of alkyl halides is 3. The third-order valence-electron chi connectivity index (χ3n) is 7.35. The van der Waals surface area contributed by atoms with Gasteiger partial charge in [-0.15, -0.1) is 11.3 Å². The highest BCUT2D eigenvalue weighted by atomic mass is 32.2. The zero-order chi connectivity index (χ0) is 29.6. The van der Waals surface area contributed by atoms with Crippen molar-refractivity contribution in [2.24, 2.45) is 0 Å². The molecule has 5 rings (SSSR count). The molecule has 1 saturated carbocycles. The van der Waals surface area contributed by atoms with E-state index in [1.165, 1.54) is 11.0 Å². The largest absolute Gasteiger partial charge is 0.480 e. The number of piperazine rings is 1. The van der Waals surface area contributed by atoms with Crippen LogP contribution in [0.1, 0.15) is 17.7 Å². The van der Waals surface area contributed by atoms with E-state index in [4.69, 9.17) is 4.74 Å². The second kappa shape index (κ2) is 10.4. The Balaban J connectivity index is 1.40. The molecule has 0 radical (unpaired) electrons. The number of aromatic nitrogens is 1. The first-order chi connectivity index (χ1) is 19.3. The maximum atomic E-state index is 13.4. The molecular formula is C25H25F3N4O7S2. The van der Waals surface area contributed by atoms with Crippen LogP contribution in [-0.4, -0.2) is 85.9 Å². The molecule has 2 aliphatic rings. The van der Waals surface area contributed by atoms with Gasteiger partial charge in [-0.05, 0) is 31.2 Å². The number of thiophene rings is 1. The van der Waals surface area contributed by atoms with Crippen molar-refractivity contribution in [1.29, 1.82) is 0 Å². The topological polar surface area (TPSA) is 142 Å². The first-order valence-corrected chi connectivity index (χ1v) is 14.6. The summed E-state index contributed by atoms with van der Waals surface area (Å²) in [6, 6.07) is 11.3. The molecule has 1 aliphatic carbocycles. The van der Waals surface area contributed by atoms with Crippen molar-refractivity contribution in [3.05, 3.63) is 59.9 Å². The van der Waals surface area contributed by atoms with Crippen molar-refractivity contribution in [3.8, 4) is 10.6 Å². The Labute approximate surface area is 236 Å². The number of nitrogens with zero attached hydrogens (tertiary/aromatic N) is 3. The zero-order valence-electron chi connectivity index (χ0n) is 21.6. The standard InChI is InChI=1S/C25H25F3N4O7S2/c1-31-9-11-32(12-10-31)22(35)38-15-23(16-5-3-2-4-6-16)14-24(23,21(33)34)30-41(36,37)20-8-7-18(40-20)17-13-19(39-29-17)25(26,27)28/h2-8,13,30H,9-12,14-15H2,1H3,(H,33,34). The second-order valence-electron chi connectivity index (χ2n) is 9.98. The summed E-state index contributed by atoms with van der Waals surface area (Å²) in [5.74, 6) is -2.81. The minimum Gasteiger partial charge on any atom is -0.480 e. The summed E-state index contributed by atoms with van der Waals surface area (Å²) < 4.78 is 77.4. The van der Waals surface area contributed by atoms with E-state index in [1.54, 1.807) is 30.3 Å². The highest BCUT2D eigenvalue weighted by molar-refractivity contribution is 7.91. The average molecular weight is 615 g/mol. The minimum absolute atomic E-state index is 0.0697. The Morgan fingerprint density at radius 2 is 1.83 bits per heavy atom. The van der Waals surface area contributed by atoms with Crippen LogP contribution in [0.25, 0.3) is 10.6 Å². The number of likely N-dealkylation sites (N-methyl/N-ethyl adjacent to an activating group) is 1. The number of nitrogens with one attached hydrogen (secondary N) is 1. The van der Waals surface area contributed by atoms with Gasteiger partial charge in [0.05, 0.1) is 10.3 Å². The summed E-state index contributed by atoms with van der Waals surface area (Å²) in [7, 11) is -2.58. The maximum absolute atomic E-state index is 13.4. The minimum atomic E-state index is -4.77. The van der Waals surface area contributed by atoms with Crippen molar-refractivity contribution in [3.63, 3.8) is 0 Å². The number of amides is 1. The van der Waals surface area contributed by atoms with Gasteiger partial charge in [0.2, 0.25) is 5.76 Å². The SMILES string of the molecule is CN1CCN(C(=O)OCC2(c3ccccc3)CC2(NS(=O)(=O)c2ccc(-c3cc(C(F)(F)F)on3)s2)C(=O)O)CC1. The third-order valence-corrected chi connectivity index (χ3v) is 10.4. The van der Waals surface area contributed by atoms with Crippen molar-refractivity contribution in [1.82, 2.24) is 19.7 Å². The number of halogens is 3. The molecule has 0 bridgehead atoms. The van der Waals surface area contributed by atoms with Crippen LogP contribution in [-0.2, 0) is 31.1 Å². The van der Waals surface area contributed by atoms with Crippen LogP contribution in [0.5, 0.6) is 0 Å². The lowest BCUT2D eigenvalue weighted by Crippen LogP contribution is -2.51. The molecule has 0 spiro atoms. The van der Waals surface area contributed by atoms with Crippen LogP contribution in [0.2, 0.25) is 0 Å². The van der Waals surface area contributed by atoms with Crippen LogP contribution in [0.4, 0.5) is 18.0 Å². The first kappa shape index (κ1) is 29.0. The molecule has 3 heterocycles. The monoisotopic (exact) mass is 614 g/mol. The highest BCUT2D eigenvalue weighted by Gasteiger charge is 2.75. The van der Waals surface area contributed by atoms with E-state index < -0.39 is 51.6 Å². The molecule has 1 aliphatic heterocycles. The molecule has 220 valence electrons. The lowest BCUT2D eigenvalue weighted by molar-refractivity contribution is -0.155. The van der Waals surface area contributed by atoms with E-state index in [9.17, 15) is 36.3 Å². The number of hydrogen-bond donors (Lipinski definition) is 2. The van der Waals surface area contributed by atoms with Gasteiger partial charge in [-0.1, -0.05) is 35.5 Å². The predicted octanol–water partition coefficient (Wildman–Crippen LogP) is 3.25. The summed E-state index contributed by atoms with van der Waals surface area (Å²) >= 11 is 0.601. The van der Waals surface area contributed by atoms with E-state index in [0.29, 0.717) is 49.1 Å². The van der Waals surface area contributed by atoms with Gasteiger partial charge in [-0.25, -0.2) is 13.2 Å². The summed E-state index contributed by atoms with van der Waals surface area (Å²) in [6.07, 6.45) is -5.60. The van der Waals surface area contributed by atoms with E-state index in [-0.39, 0.29) is 21.2 Å². The summed E-state index contributed by atoms with van der Waals surface area (Å²) in [5, 5.41) is 13.7. The molecule has 1 amide bonds. The molecule has 3 aromatic rings. The number of carbonyl (C=O) groups is 2. The van der Waals surface area contributed by atoms with Crippen molar-refractivity contribution < 1.29 is 45.5 Å². The zero-order valence-corrected chi connectivity index (χ0v) is 23.2. The molecule has 11 nitrogen and oxygen atoms in total. The summed E-state index contributed by atoms with van der Waals surface area (Å²) in [4.78, 5) is 29.1. The Kier molecular flexibility index (Phi) is 7.38. The molecular weight excluding hydrogens is 589 g/mol. The molecule has 2 atom stereocenters. The molecule has 2 fully saturated rings. The number of sulfonamides is 1. The Morgan fingerprint density at radius 3 is 2.44 bits per heavy atom. The lowest BCUT2D eigenvalue weighted by atomic mass is 9.91. The van der Waals surface area contributed by atoms with E-state index in [2.05, 4.69) is 14.4 Å². The normalized spacial score (nSPS) is 23.4. The second-order valence-corrected chi connectivity index (χ2v) is 13.0. The number of hydrogen-bond acceptors (Lipinski definition) is 9. The molecule has 2 unspecified atom stereocenters. The van der Waals surface area contributed by atoms with Gasteiger partial charge >= 0.3 is 18.2 Å². The number of ether oxygens (including phenoxy) is 1.